The zero-order chi connectivity index (χ0) is 11.9. The van der Waals surface area contributed by atoms with Crippen molar-refractivity contribution >= 4 is 0 Å². The van der Waals surface area contributed by atoms with Crippen molar-refractivity contribution in [2.45, 2.75) is 26.7 Å². The third-order valence-electron chi connectivity index (χ3n) is 2.71. The van der Waals surface area contributed by atoms with Crippen molar-refractivity contribution in [2.24, 2.45) is 5.41 Å². The molecule has 0 aliphatic rings. The summed E-state index contributed by atoms with van der Waals surface area (Å²) in [5.74, 6) is 0. The first kappa shape index (κ1) is 13.1. The van der Waals surface area contributed by atoms with E-state index in [9.17, 15) is 0 Å². The number of aliphatic hydroxyl groups is 1. The van der Waals surface area contributed by atoms with Gasteiger partial charge in [-0.25, -0.2) is 0 Å². The molecule has 1 aromatic rings. The summed E-state index contributed by atoms with van der Waals surface area (Å²) in [6, 6.07) is 4.05. The summed E-state index contributed by atoms with van der Waals surface area (Å²) in [5, 5.41) is 12.3. The first-order chi connectivity index (χ1) is 7.64. The van der Waals surface area contributed by atoms with Crippen LogP contribution in [-0.2, 0) is 6.42 Å². The fourth-order valence-corrected chi connectivity index (χ4v) is 1.60. The first-order valence-electron chi connectivity index (χ1n) is 5.84. The van der Waals surface area contributed by atoms with Gasteiger partial charge in [-0.05, 0) is 36.4 Å². The van der Waals surface area contributed by atoms with Gasteiger partial charge in [0.2, 0.25) is 0 Å². The molecule has 3 heteroatoms. The van der Waals surface area contributed by atoms with Gasteiger partial charge in [0.15, 0.2) is 0 Å². The summed E-state index contributed by atoms with van der Waals surface area (Å²) in [5.41, 5.74) is 1.43. The van der Waals surface area contributed by atoms with Crippen molar-refractivity contribution in [1.29, 1.82) is 0 Å². The molecule has 0 aromatic carbocycles. The molecule has 0 radical (unpaired) electrons. The van der Waals surface area contributed by atoms with Crippen molar-refractivity contribution in [3.05, 3.63) is 30.1 Å². The van der Waals surface area contributed by atoms with Crippen LogP contribution in [0.5, 0.6) is 0 Å². The van der Waals surface area contributed by atoms with Crippen LogP contribution >= 0.6 is 0 Å². The van der Waals surface area contributed by atoms with Gasteiger partial charge < -0.3 is 10.4 Å². The van der Waals surface area contributed by atoms with Crippen LogP contribution in [0.3, 0.4) is 0 Å². The zero-order valence-electron chi connectivity index (χ0n) is 10.2. The minimum Gasteiger partial charge on any atom is -0.396 e. The van der Waals surface area contributed by atoms with Gasteiger partial charge in [0.05, 0.1) is 0 Å². The molecule has 2 N–H and O–H groups in total. The summed E-state index contributed by atoms with van der Waals surface area (Å²) in [7, 11) is 0. The molecule has 0 amide bonds. The quantitative estimate of drug-likeness (QED) is 0.689. The first-order valence-corrected chi connectivity index (χ1v) is 5.84. The van der Waals surface area contributed by atoms with Gasteiger partial charge in [0, 0.05) is 25.5 Å². The summed E-state index contributed by atoms with van der Waals surface area (Å²) in [6.45, 7) is 6.49. The van der Waals surface area contributed by atoms with Gasteiger partial charge in [-0.1, -0.05) is 19.9 Å². The topological polar surface area (TPSA) is 45.1 Å². The van der Waals surface area contributed by atoms with E-state index < -0.39 is 0 Å². The lowest BCUT2D eigenvalue weighted by atomic mass is 9.90. The van der Waals surface area contributed by atoms with Gasteiger partial charge in [0.1, 0.15) is 0 Å². The van der Waals surface area contributed by atoms with Crippen LogP contribution in [0.4, 0.5) is 0 Å². The average Bonchev–Trinajstić information content (AvgIpc) is 2.26. The molecule has 1 aromatic heterocycles. The Morgan fingerprint density at radius 3 is 2.88 bits per heavy atom. The Hall–Kier alpha value is -0.930. The van der Waals surface area contributed by atoms with Gasteiger partial charge >= 0.3 is 0 Å². The number of pyridine rings is 1. The predicted octanol–water partition coefficient (Wildman–Crippen LogP) is 1.62. The average molecular weight is 222 g/mol. The van der Waals surface area contributed by atoms with E-state index in [1.54, 1.807) is 6.20 Å². The molecule has 1 rings (SSSR count). The van der Waals surface area contributed by atoms with E-state index >= 15 is 0 Å². The van der Waals surface area contributed by atoms with Crippen molar-refractivity contribution in [3.63, 3.8) is 0 Å². The lowest BCUT2D eigenvalue weighted by Crippen LogP contribution is -2.31. The van der Waals surface area contributed by atoms with E-state index in [1.165, 1.54) is 5.56 Å². The molecule has 16 heavy (non-hydrogen) atoms. The lowest BCUT2D eigenvalue weighted by Gasteiger charge is -2.23. The van der Waals surface area contributed by atoms with E-state index in [2.05, 4.69) is 30.2 Å². The van der Waals surface area contributed by atoms with Crippen LogP contribution in [0.15, 0.2) is 24.5 Å². The Morgan fingerprint density at radius 1 is 1.44 bits per heavy atom. The highest BCUT2D eigenvalue weighted by Crippen LogP contribution is 2.17. The fourth-order valence-electron chi connectivity index (χ4n) is 1.60. The summed E-state index contributed by atoms with van der Waals surface area (Å²) < 4.78 is 0. The Labute approximate surface area is 97.9 Å². The molecule has 0 bridgehead atoms. The number of nitrogens with zero attached hydrogens (tertiary/aromatic N) is 1. The van der Waals surface area contributed by atoms with Gasteiger partial charge in [-0.15, -0.1) is 0 Å². The summed E-state index contributed by atoms with van der Waals surface area (Å²) in [4.78, 5) is 4.08. The second kappa shape index (κ2) is 6.61. The second-order valence-electron chi connectivity index (χ2n) is 4.93. The minimum atomic E-state index is 0.170. The Kier molecular flexibility index (Phi) is 5.43. The van der Waals surface area contributed by atoms with Crippen molar-refractivity contribution in [2.75, 3.05) is 19.7 Å². The number of aromatic nitrogens is 1. The van der Waals surface area contributed by atoms with E-state index in [0.717, 1.165) is 25.9 Å². The molecule has 0 fully saturated rings. The minimum absolute atomic E-state index is 0.170. The Balaban J connectivity index is 2.17. The number of aliphatic hydroxyl groups excluding tert-OH is 1. The maximum Gasteiger partial charge on any atom is 0.0436 e. The SMILES string of the molecule is CC(C)(CCO)CNCCc1cccnc1. The van der Waals surface area contributed by atoms with Crippen LogP contribution in [0.2, 0.25) is 0 Å². The van der Waals surface area contributed by atoms with Crippen LogP contribution in [0.1, 0.15) is 25.8 Å². The fraction of sp³-hybridized carbons (Fsp3) is 0.615. The van der Waals surface area contributed by atoms with E-state index in [4.69, 9.17) is 5.11 Å². The Morgan fingerprint density at radius 2 is 2.25 bits per heavy atom. The summed E-state index contributed by atoms with van der Waals surface area (Å²) >= 11 is 0. The smallest absolute Gasteiger partial charge is 0.0436 e. The maximum atomic E-state index is 8.90. The molecule has 0 unspecified atom stereocenters. The van der Waals surface area contributed by atoms with Gasteiger partial charge in [-0.2, -0.15) is 0 Å². The molecule has 3 nitrogen and oxygen atoms in total. The third-order valence-corrected chi connectivity index (χ3v) is 2.71. The lowest BCUT2D eigenvalue weighted by molar-refractivity contribution is 0.207. The number of hydrogen-bond donors (Lipinski definition) is 2. The molecular weight excluding hydrogens is 200 g/mol. The van der Waals surface area contributed by atoms with E-state index in [0.29, 0.717) is 0 Å². The third kappa shape index (κ3) is 5.24. The second-order valence-corrected chi connectivity index (χ2v) is 4.93. The zero-order valence-corrected chi connectivity index (χ0v) is 10.2. The highest BCUT2D eigenvalue weighted by molar-refractivity contribution is 5.08. The molecule has 0 aliphatic heterocycles. The van der Waals surface area contributed by atoms with Gasteiger partial charge in [-0.3, -0.25) is 4.98 Å². The predicted molar refractivity (Wildman–Crippen MR) is 66.3 cm³/mol. The maximum absolute atomic E-state index is 8.90. The van der Waals surface area contributed by atoms with Crippen LogP contribution in [0, 0.1) is 5.41 Å². The molecule has 0 atom stereocenters. The van der Waals surface area contributed by atoms with E-state index in [1.807, 2.05) is 12.3 Å². The van der Waals surface area contributed by atoms with Gasteiger partial charge in [0.25, 0.3) is 0 Å². The largest absolute Gasteiger partial charge is 0.396 e. The molecule has 1 heterocycles. The number of nitrogens with one attached hydrogen (secondary N) is 1. The number of hydrogen-bond acceptors (Lipinski definition) is 3. The standard InChI is InChI=1S/C13H22N2O/c1-13(2,6-9-16)11-15-8-5-12-4-3-7-14-10-12/h3-4,7,10,15-16H,5-6,8-9,11H2,1-2H3. The number of rotatable bonds is 7. The molecule has 0 aliphatic carbocycles. The van der Waals surface area contributed by atoms with Crippen LogP contribution in [-0.4, -0.2) is 29.8 Å². The van der Waals surface area contributed by atoms with E-state index in [-0.39, 0.29) is 12.0 Å². The molecule has 0 saturated heterocycles. The van der Waals surface area contributed by atoms with Crippen LogP contribution < -0.4 is 5.32 Å². The van der Waals surface area contributed by atoms with Crippen molar-refractivity contribution < 1.29 is 5.11 Å². The van der Waals surface area contributed by atoms with Crippen molar-refractivity contribution in [1.82, 2.24) is 10.3 Å². The molecular formula is C13H22N2O. The normalized spacial score (nSPS) is 11.7. The summed E-state index contributed by atoms with van der Waals surface area (Å²) in [6.07, 6.45) is 5.54. The van der Waals surface area contributed by atoms with Crippen molar-refractivity contribution in [3.8, 4) is 0 Å². The highest BCUT2D eigenvalue weighted by Gasteiger charge is 2.15. The molecule has 0 saturated carbocycles. The van der Waals surface area contributed by atoms with Crippen LogP contribution in [0.25, 0.3) is 0 Å². The molecule has 90 valence electrons. The Bertz CT molecular complexity index is 285. The monoisotopic (exact) mass is 222 g/mol. The molecule has 0 spiro atoms. The highest BCUT2D eigenvalue weighted by atomic mass is 16.3.